The molecule has 2 aliphatic rings. The summed E-state index contributed by atoms with van der Waals surface area (Å²) in [6.07, 6.45) is 0.931. The van der Waals surface area contributed by atoms with E-state index in [-0.39, 0.29) is 6.61 Å². The van der Waals surface area contributed by atoms with Crippen molar-refractivity contribution >= 4 is 11.4 Å². The molecule has 158 valence electrons. The van der Waals surface area contributed by atoms with Gasteiger partial charge in [0.2, 0.25) is 0 Å². The molecule has 0 saturated carbocycles. The molecule has 0 amide bonds. The van der Waals surface area contributed by atoms with Crippen LogP contribution in [0.1, 0.15) is 22.3 Å². The van der Waals surface area contributed by atoms with Crippen LogP contribution >= 0.6 is 0 Å². The second-order valence-corrected chi connectivity index (χ2v) is 8.72. The lowest BCUT2D eigenvalue weighted by Gasteiger charge is -2.31. The molecule has 0 fully saturated rings. The maximum atomic E-state index is 10.5. The van der Waals surface area contributed by atoms with Crippen LogP contribution in [0.2, 0.25) is 0 Å². The van der Waals surface area contributed by atoms with Crippen LogP contribution in [0.4, 0.5) is 11.4 Å². The summed E-state index contributed by atoms with van der Waals surface area (Å²) in [5, 5.41) is 20.2. The van der Waals surface area contributed by atoms with Crippen LogP contribution in [-0.2, 0) is 12.8 Å². The Morgan fingerprint density at radius 3 is 1.59 bits per heavy atom. The predicted molar refractivity (Wildman–Crippen MR) is 129 cm³/mol. The SMILES string of the molecule is OCC(O)CN(c1cccc2c1Cc1ccccc1-2)c1cccc2c1Cc1ccccc1-2. The third kappa shape index (κ3) is 2.97. The molecule has 0 radical (unpaired) electrons. The normalized spacial score (nSPS) is 13.8. The Labute approximate surface area is 188 Å². The van der Waals surface area contributed by atoms with Crippen LogP contribution in [0.25, 0.3) is 22.3 Å². The fourth-order valence-corrected chi connectivity index (χ4v) is 5.38. The van der Waals surface area contributed by atoms with Gasteiger partial charge in [-0.1, -0.05) is 72.8 Å². The molecule has 3 heteroatoms. The number of anilines is 2. The van der Waals surface area contributed by atoms with E-state index in [9.17, 15) is 10.2 Å². The highest BCUT2D eigenvalue weighted by atomic mass is 16.3. The number of hydrogen-bond acceptors (Lipinski definition) is 3. The van der Waals surface area contributed by atoms with E-state index in [2.05, 4.69) is 89.8 Å². The van der Waals surface area contributed by atoms with Gasteiger partial charge in [0.15, 0.2) is 0 Å². The summed E-state index contributed by atoms with van der Waals surface area (Å²) in [5.41, 5.74) is 12.6. The van der Waals surface area contributed by atoms with Gasteiger partial charge in [-0.15, -0.1) is 0 Å². The molecule has 0 bridgehead atoms. The number of aliphatic hydroxyl groups is 2. The summed E-state index contributed by atoms with van der Waals surface area (Å²) in [5.74, 6) is 0. The van der Waals surface area contributed by atoms with Crippen LogP contribution in [0.3, 0.4) is 0 Å². The number of rotatable bonds is 5. The largest absolute Gasteiger partial charge is 0.394 e. The van der Waals surface area contributed by atoms with Crippen LogP contribution in [-0.4, -0.2) is 29.5 Å². The number of nitrogens with zero attached hydrogens (tertiary/aromatic N) is 1. The zero-order chi connectivity index (χ0) is 21.7. The van der Waals surface area contributed by atoms with Gasteiger partial charge in [0, 0.05) is 24.2 Å². The number of fused-ring (bicyclic) bond motifs is 6. The molecule has 4 aromatic rings. The Balaban J connectivity index is 1.51. The van der Waals surface area contributed by atoms with Crippen molar-refractivity contribution < 1.29 is 10.2 Å². The molecule has 3 nitrogen and oxygen atoms in total. The predicted octanol–water partition coefficient (Wildman–Crippen LogP) is 5.32. The van der Waals surface area contributed by atoms with Crippen molar-refractivity contribution in [1.82, 2.24) is 0 Å². The van der Waals surface area contributed by atoms with Gasteiger partial charge >= 0.3 is 0 Å². The Kier molecular flexibility index (Phi) is 4.60. The summed E-state index contributed by atoms with van der Waals surface area (Å²) in [6, 6.07) is 30.0. The van der Waals surface area contributed by atoms with Crippen LogP contribution in [0.15, 0.2) is 84.9 Å². The molecule has 1 atom stereocenters. The molecule has 4 aromatic carbocycles. The minimum Gasteiger partial charge on any atom is -0.394 e. The van der Waals surface area contributed by atoms with Crippen molar-refractivity contribution in [3.05, 3.63) is 107 Å². The number of aliphatic hydroxyl groups excluding tert-OH is 2. The topological polar surface area (TPSA) is 43.7 Å². The third-order valence-corrected chi connectivity index (χ3v) is 6.84. The first kappa shape index (κ1) is 19.3. The van der Waals surface area contributed by atoms with Gasteiger partial charge in [0.05, 0.1) is 19.3 Å². The highest BCUT2D eigenvalue weighted by Crippen LogP contribution is 2.46. The van der Waals surface area contributed by atoms with Crippen molar-refractivity contribution in [3.8, 4) is 22.3 Å². The van der Waals surface area contributed by atoms with Crippen molar-refractivity contribution in [2.75, 3.05) is 18.1 Å². The number of hydrogen-bond donors (Lipinski definition) is 2. The molecule has 2 N–H and O–H groups in total. The Bertz CT molecular complexity index is 1230. The summed E-state index contributed by atoms with van der Waals surface area (Å²) in [7, 11) is 0. The van der Waals surface area contributed by atoms with Gasteiger partial charge in [-0.05, 0) is 56.6 Å². The second kappa shape index (κ2) is 7.63. The minimum atomic E-state index is -0.825. The van der Waals surface area contributed by atoms with Crippen LogP contribution < -0.4 is 4.90 Å². The molecule has 0 aromatic heterocycles. The first-order valence-corrected chi connectivity index (χ1v) is 11.2. The molecular formula is C29H25NO2. The van der Waals surface area contributed by atoms with Gasteiger partial charge in [0.25, 0.3) is 0 Å². The van der Waals surface area contributed by atoms with Crippen LogP contribution in [0.5, 0.6) is 0 Å². The zero-order valence-corrected chi connectivity index (χ0v) is 17.8. The fourth-order valence-electron chi connectivity index (χ4n) is 5.38. The molecular weight excluding hydrogens is 394 g/mol. The minimum absolute atomic E-state index is 0.263. The monoisotopic (exact) mass is 419 g/mol. The maximum absolute atomic E-state index is 10.5. The lowest BCUT2D eigenvalue weighted by Crippen LogP contribution is -2.32. The molecule has 0 aliphatic heterocycles. The molecule has 0 spiro atoms. The third-order valence-electron chi connectivity index (χ3n) is 6.84. The number of benzene rings is 4. The smallest absolute Gasteiger partial charge is 0.0949 e. The van der Waals surface area contributed by atoms with Gasteiger partial charge in [-0.25, -0.2) is 0 Å². The van der Waals surface area contributed by atoms with Crippen molar-refractivity contribution in [1.29, 1.82) is 0 Å². The first-order chi connectivity index (χ1) is 15.7. The highest BCUT2D eigenvalue weighted by Gasteiger charge is 2.28. The molecule has 0 heterocycles. The van der Waals surface area contributed by atoms with Gasteiger partial charge < -0.3 is 15.1 Å². The Morgan fingerprint density at radius 1 is 0.625 bits per heavy atom. The van der Waals surface area contributed by atoms with Crippen molar-refractivity contribution in [3.63, 3.8) is 0 Å². The van der Waals surface area contributed by atoms with E-state index in [1.807, 2.05) is 0 Å². The van der Waals surface area contributed by atoms with Gasteiger partial charge in [0.1, 0.15) is 0 Å². The molecule has 1 unspecified atom stereocenters. The summed E-state index contributed by atoms with van der Waals surface area (Å²) in [4.78, 5) is 2.22. The zero-order valence-electron chi connectivity index (χ0n) is 17.8. The highest BCUT2D eigenvalue weighted by molar-refractivity contribution is 5.88. The van der Waals surface area contributed by atoms with E-state index in [4.69, 9.17) is 0 Å². The molecule has 32 heavy (non-hydrogen) atoms. The van der Waals surface area contributed by atoms with E-state index in [1.54, 1.807) is 0 Å². The van der Waals surface area contributed by atoms with Gasteiger partial charge in [-0.2, -0.15) is 0 Å². The first-order valence-electron chi connectivity index (χ1n) is 11.2. The van der Waals surface area contributed by atoms with E-state index in [1.165, 1.54) is 44.5 Å². The Hall–Kier alpha value is -3.40. The van der Waals surface area contributed by atoms with Crippen molar-refractivity contribution in [2.24, 2.45) is 0 Å². The lowest BCUT2D eigenvalue weighted by molar-refractivity contribution is 0.102. The van der Waals surface area contributed by atoms with E-state index in [0.29, 0.717) is 6.54 Å². The summed E-state index contributed by atoms with van der Waals surface area (Å²) in [6.45, 7) is 0.0805. The van der Waals surface area contributed by atoms with E-state index >= 15 is 0 Å². The van der Waals surface area contributed by atoms with E-state index in [0.717, 1.165) is 24.2 Å². The summed E-state index contributed by atoms with van der Waals surface area (Å²) < 4.78 is 0. The van der Waals surface area contributed by atoms with Crippen LogP contribution in [0, 0.1) is 0 Å². The second-order valence-electron chi connectivity index (χ2n) is 8.72. The average molecular weight is 420 g/mol. The molecule has 2 aliphatic carbocycles. The summed E-state index contributed by atoms with van der Waals surface area (Å²) >= 11 is 0. The average Bonchev–Trinajstić information content (AvgIpc) is 3.41. The quantitative estimate of drug-likeness (QED) is 0.397. The van der Waals surface area contributed by atoms with Crippen molar-refractivity contribution in [2.45, 2.75) is 18.9 Å². The maximum Gasteiger partial charge on any atom is 0.0949 e. The lowest BCUT2D eigenvalue weighted by atomic mass is 10.0. The molecule has 6 rings (SSSR count). The van der Waals surface area contributed by atoms with E-state index < -0.39 is 6.10 Å². The fraction of sp³-hybridized carbons (Fsp3) is 0.172. The molecule has 0 saturated heterocycles. The van der Waals surface area contributed by atoms with Gasteiger partial charge in [-0.3, -0.25) is 0 Å². The standard InChI is InChI=1S/C29H25NO2/c31-18-21(32)17-30(28-13-5-11-24-22-9-3-1-7-19(22)15-26(24)28)29-14-6-12-25-23-10-4-2-8-20(23)16-27(25)29/h1-14,21,31-32H,15-18H2. The Morgan fingerprint density at radius 2 is 1.09 bits per heavy atom.